The summed E-state index contributed by atoms with van der Waals surface area (Å²) in [4.78, 5) is 7.96. The van der Waals surface area contributed by atoms with E-state index in [4.69, 9.17) is 4.74 Å². The van der Waals surface area contributed by atoms with Crippen LogP contribution < -0.4 is 4.74 Å². The van der Waals surface area contributed by atoms with Crippen LogP contribution in [0.5, 0.6) is 5.88 Å². The smallest absolute Gasteiger partial charge is 0.232 e. The summed E-state index contributed by atoms with van der Waals surface area (Å²) in [5.74, 6) is 5.98. The van der Waals surface area contributed by atoms with E-state index in [-0.39, 0.29) is 0 Å². The van der Waals surface area contributed by atoms with Gasteiger partial charge in [-0.2, -0.15) is 0 Å². The summed E-state index contributed by atoms with van der Waals surface area (Å²) >= 11 is 0. The highest BCUT2D eigenvalue weighted by molar-refractivity contribution is 5.32. The lowest BCUT2D eigenvalue weighted by Gasteiger charge is -1.96. The second-order valence-corrected chi connectivity index (χ2v) is 3.23. The van der Waals surface area contributed by atoms with Crippen molar-refractivity contribution in [3.05, 3.63) is 18.1 Å². The van der Waals surface area contributed by atoms with Gasteiger partial charge in [-0.05, 0) is 18.8 Å². The number of aliphatic hydroxyl groups is 1. The van der Waals surface area contributed by atoms with Crippen molar-refractivity contribution in [2.75, 3.05) is 7.11 Å². The van der Waals surface area contributed by atoms with E-state index in [0.717, 1.165) is 12.8 Å². The molecule has 1 aromatic heterocycles. The van der Waals surface area contributed by atoms with Gasteiger partial charge in [-0.25, -0.2) is 9.97 Å². The Morgan fingerprint density at radius 2 is 2.21 bits per heavy atom. The van der Waals surface area contributed by atoms with Crippen LogP contribution in [0.3, 0.4) is 0 Å². The molecule has 4 nitrogen and oxygen atoms in total. The van der Waals surface area contributed by atoms with E-state index in [1.165, 1.54) is 19.5 Å². The van der Waals surface area contributed by atoms with Gasteiger partial charge in [0.2, 0.25) is 5.88 Å². The maximum Gasteiger partial charge on any atom is 0.232 e. The van der Waals surface area contributed by atoms with Gasteiger partial charge in [0.1, 0.15) is 11.3 Å². The van der Waals surface area contributed by atoms with Gasteiger partial charge in [0.15, 0.2) is 0 Å². The fourth-order valence-corrected chi connectivity index (χ4v) is 0.910. The molecule has 1 saturated carbocycles. The number of ether oxygens (including phenoxy) is 1. The van der Waals surface area contributed by atoms with Gasteiger partial charge >= 0.3 is 0 Å². The predicted molar refractivity (Wildman–Crippen MR) is 49.6 cm³/mol. The van der Waals surface area contributed by atoms with Crippen molar-refractivity contribution >= 4 is 0 Å². The third-order valence-corrected chi connectivity index (χ3v) is 1.98. The summed E-state index contributed by atoms with van der Waals surface area (Å²) in [6, 6.07) is 0. The van der Waals surface area contributed by atoms with Crippen LogP contribution >= 0.6 is 0 Å². The number of hydrogen-bond acceptors (Lipinski definition) is 4. The van der Waals surface area contributed by atoms with Crippen LogP contribution in [0.15, 0.2) is 12.4 Å². The zero-order valence-electron chi connectivity index (χ0n) is 7.82. The number of rotatable bonds is 1. The van der Waals surface area contributed by atoms with Gasteiger partial charge in [0, 0.05) is 0 Å². The van der Waals surface area contributed by atoms with Crippen LogP contribution in [-0.2, 0) is 0 Å². The maximum absolute atomic E-state index is 9.44. The molecule has 1 fully saturated rings. The van der Waals surface area contributed by atoms with Gasteiger partial charge in [-0.1, -0.05) is 5.92 Å². The lowest BCUT2D eigenvalue weighted by molar-refractivity contribution is 0.212. The van der Waals surface area contributed by atoms with Crippen molar-refractivity contribution in [3.8, 4) is 17.7 Å². The minimum atomic E-state index is -0.762. The highest BCUT2D eigenvalue weighted by Crippen LogP contribution is 2.33. The van der Waals surface area contributed by atoms with E-state index < -0.39 is 5.60 Å². The Hall–Kier alpha value is -1.60. The average Bonchev–Trinajstić information content (AvgIpc) is 2.95. The Balaban J connectivity index is 2.12. The fourth-order valence-electron chi connectivity index (χ4n) is 0.910. The molecular formula is C10H10N2O2. The topological polar surface area (TPSA) is 55.2 Å². The highest BCUT2D eigenvalue weighted by Gasteiger charge is 2.38. The molecule has 0 unspecified atom stereocenters. The lowest BCUT2D eigenvalue weighted by Crippen LogP contribution is -2.01. The molecule has 0 bridgehead atoms. The maximum atomic E-state index is 9.44. The molecular weight excluding hydrogens is 180 g/mol. The number of aromatic nitrogens is 2. The number of nitrogens with zero attached hydrogens (tertiary/aromatic N) is 2. The minimum absolute atomic E-state index is 0.459. The Morgan fingerprint density at radius 1 is 1.43 bits per heavy atom. The quantitative estimate of drug-likeness (QED) is 0.650. The summed E-state index contributed by atoms with van der Waals surface area (Å²) in [6.45, 7) is 0. The number of hydrogen-bond donors (Lipinski definition) is 1. The fraction of sp³-hybridized carbons (Fsp3) is 0.400. The van der Waals surface area contributed by atoms with E-state index in [1.54, 1.807) is 0 Å². The molecule has 4 heteroatoms. The first-order valence-electron chi connectivity index (χ1n) is 4.33. The molecule has 0 spiro atoms. The Morgan fingerprint density at radius 3 is 2.71 bits per heavy atom. The Kier molecular flexibility index (Phi) is 2.10. The normalized spacial score (nSPS) is 16.7. The van der Waals surface area contributed by atoms with Crippen LogP contribution in [0.1, 0.15) is 18.5 Å². The van der Waals surface area contributed by atoms with Crippen LogP contribution in [-0.4, -0.2) is 27.8 Å². The van der Waals surface area contributed by atoms with E-state index in [0.29, 0.717) is 11.6 Å². The van der Waals surface area contributed by atoms with E-state index >= 15 is 0 Å². The SMILES string of the molecule is COc1cnc(C#CC2(O)CC2)cn1. The Labute approximate surface area is 82.0 Å². The van der Waals surface area contributed by atoms with Crippen LogP contribution in [0.4, 0.5) is 0 Å². The van der Waals surface area contributed by atoms with Crippen LogP contribution in [0, 0.1) is 11.8 Å². The summed E-state index contributed by atoms with van der Waals surface area (Å²) in [5, 5.41) is 9.44. The summed E-state index contributed by atoms with van der Waals surface area (Å²) in [6.07, 6.45) is 4.53. The zero-order chi connectivity index (χ0) is 10.0. The van der Waals surface area contributed by atoms with Crippen molar-refractivity contribution in [1.82, 2.24) is 9.97 Å². The van der Waals surface area contributed by atoms with E-state index in [1.807, 2.05) is 0 Å². The summed E-state index contributed by atoms with van der Waals surface area (Å²) in [7, 11) is 1.53. The average molecular weight is 190 g/mol. The van der Waals surface area contributed by atoms with Gasteiger partial charge in [-0.3, -0.25) is 0 Å². The standard InChI is InChI=1S/C10H10N2O2/c1-14-9-7-11-8(6-12-9)2-3-10(13)4-5-10/h6-7,13H,4-5H2,1H3. The molecule has 0 aromatic carbocycles. The van der Waals surface area contributed by atoms with Crippen LogP contribution in [0.2, 0.25) is 0 Å². The Bertz CT molecular complexity index is 385. The predicted octanol–water partition coefficient (Wildman–Crippen LogP) is 0.362. The summed E-state index contributed by atoms with van der Waals surface area (Å²) < 4.78 is 4.86. The van der Waals surface area contributed by atoms with Crippen molar-refractivity contribution in [3.63, 3.8) is 0 Å². The molecule has 1 aromatic rings. The van der Waals surface area contributed by atoms with Gasteiger partial charge in [-0.15, -0.1) is 0 Å². The highest BCUT2D eigenvalue weighted by atomic mass is 16.5. The molecule has 1 heterocycles. The number of methoxy groups -OCH3 is 1. The van der Waals surface area contributed by atoms with Crippen molar-refractivity contribution < 1.29 is 9.84 Å². The molecule has 1 aliphatic rings. The molecule has 14 heavy (non-hydrogen) atoms. The second kappa shape index (κ2) is 3.28. The molecule has 0 atom stereocenters. The lowest BCUT2D eigenvalue weighted by atomic mass is 10.3. The minimum Gasteiger partial charge on any atom is -0.480 e. The molecule has 0 aliphatic heterocycles. The van der Waals surface area contributed by atoms with Crippen molar-refractivity contribution in [1.29, 1.82) is 0 Å². The largest absolute Gasteiger partial charge is 0.480 e. The first-order valence-corrected chi connectivity index (χ1v) is 4.33. The molecule has 1 N–H and O–H groups in total. The van der Waals surface area contributed by atoms with E-state index in [2.05, 4.69) is 21.8 Å². The third kappa shape index (κ3) is 2.01. The summed E-state index contributed by atoms with van der Waals surface area (Å²) in [5.41, 5.74) is -0.215. The second-order valence-electron chi connectivity index (χ2n) is 3.23. The monoisotopic (exact) mass is 190 g/mol. The molecule has 2 rings (SSSR count). The molecule has 0 saturated heterocycles. The van der Waals surface area contributed by atoms with Crippen molar-refractivity contribution in [2.24, 2.45) is 0 Å². The molecule has 0 amide bonds. The molecule has 72 valence electrons. The van der Waals surface area contributed by atoms with Gasteiger partial charge in [0.05, 0.1) is 19.5 Å². The third-order valence-electron chi connectivity index (χ3n) is 1.98. The van der Waals surface area contributed by atoms with Crippen molar-refractivity contribution in [2.45, 2.75) is 18.4 Å². The first kappa shape index (κ1) is 8.97. The van der Waals surface area contributed by atoms with E-state index in [9.17, 15) is 5.11 Å². The van der Waals surface area contributed by atoms with Gasteiger partial charge in [0.25, 0.3) is 0 Å². The molecule has 1 aliphatic carbocycles. The zero-order valence-corrected chi connectivity index (χ0v) is 7.82. The first-order chi connectivity index (χ1) is 6.72. The molecule has 0 radical (unpaired) electrons. The van der Waals surface area contributed by atoms with Crippen LogP contribution in [0.25, 0.3) is 0 Å². The van der Waals surface area contributed by atoms with Gasteiger partial charge < -0.3 is 9.84 Å².